The Bertz CT molecular complexity index is 1390. The third-order valence-electron chi connectivity index (χ3n) is 6.26. The van der Waals surface area contributed by atoms with E-state index in [-0.39, 0.29) is 0 Å². The van der Waals surface area contributed by atoms with Crippen molar-refractivity contribution in [1.29, 1.82) is 0 Å². The Kier molecular flexibility index (Phi) is 6.71. The zero-order valence-corrected chi connectivity index (χ0v) is 21.4. The van der Waals surface area contributed by atoms with Crippen molar-refractivity contribution in [3.05, 3.63) is 72.2 Å². The van der Waals surface area contributed by atoms with Gasteiger partial charge in [-0.25, -0.2) is 9.67 Å². The monoisotopic (exact) mass is 483 g/mol. The fraction of sp³-hybridized carbons (Fsp3) is 0.333. The van der Waals surface area contributed by atoms with Crippen LogP contribution in [0.15, 0.2) is 60.9 Å². The highest BCUT2D eigenvalue weighted by atomic mass is 15.6. The largest absolute Gasteiger partial charge is 0.356 e. The van der Waals surface area contributed by atoms with Crippen molar-refractivity contribution in [2.45, 2.75) is 33.1 Å². The van der Waals surface area contributed by atoms with Gasteiger partial charge in [0, 0.05) is 57.3 Å². The van der Waals surface area contributed by atoms with E-state index in [0.717, 1.165) is 60.1 Å². The standard InChI is InChI=1S/C27H33N9/c1-20-9-8-10-22(17-20)23-12-16-35(32-23)26-11-13-28-30-24(25-18-21(2)31-36(25)33(3)4)19-27(29-26)34-14-6-5-7-15-34/h8-13,16-19,28H,5-7,14-15H2,1-4H3. The molecule has 0 spiro atoms. The van der Waals surface area contributed by atoms with Crippen molar-refractivity contribution in [1.82, 2.24) is 34.9 Å². The number of benzene rings is 1. The molecule has 9 nitrogen and oxygen atoms in total. The van der Waals surface area contributed by atoms with E-state index < -0.39 is 0 Å². The van der Waals surface area contributed by atoms with Crippen molar-refractivity contribution in [3.8, 4) is 28.5 Å². The molecule has 1 saturated heterocycles. The zero-order chi connectivity index (χ0) is 25.1. The lowest BCUT2D eigenvalue weighted by molar-refractivity contribution is 0.573. The van der Waals surface area contributed by atoms with E-state index >= 15 is 0 Å². The maximum atomic E-state index is 5.12. The summed E-state index contributed by atoms with van der Waals surface area (Å²) in [5.74, 6) is 1.58. The highest BCUT2D eigenvalue weighted by Gasteiger charge is 2.16. The molecule has 1 fully saturated rings. The summed E-state index contributed by atoms with van der Waals surface area (Å²) in [4.78, 5) is 9.32. The molecule has 5 rings (SSSR count). The molecule has 1 N–H and O–H groups in total. The highest BCUT2D eigenvalue weighted by Crippen LogP contribution is 2.24. The van der Waals surface area contributed by atoms with Crippen molar-refractivity contribution in [3.63, 3.8) is 0 Å². The van der Waals surface area contributed by atoms with Crippen LogP contribution >= 0.6 is 0 Å². The Hall–Kier alpha value is -4.14. The van der Waals surface area contributed by atoms with Crippen LogP contribution in [0.4, 0.5) is 5.82 Å². The molecular weight excluding hydrogens is 450 g/mol. The summed E-state index contributed by atoms with van der Waals surface area (Å²) in [6.07, 6.45) is 7.30. The molecule has 9 heteroatoms. The van der Waals surface area contributed by atoms with Crippen molar-refractivity contribution >= 4 is 5.82 Å². The van der Waals surface area contributed by atoms with Gasteiger partial charge < -0.3 is 9.91 Å². The third kappa shape index (κ3) is 5.10. The summed E-state index contributed by atoms with van der Waals surface area (Å²) in [6, 6.07) is 16.4. The quantitative estimate of drug-likeness (QED) is 0.452. The molecule has 3 aromatic heterocycles. The molecule has 36 heavy (non-hydrogen) atoms. The summed E-state index contributed by atoms with van der Waals surface area (Å²) < 4.78 is 1.83. The number of rotatable bonds is 5. The second kappa shape index (κ2) is 10.2. The van der Waals surface area contributed by atoms with Crippen LogP contribution < -0.4 is 9.91 Å². The van der Waals surface area contributed by atoms with Crippen molar-refractivity contribution in [2.24, 2.45) is 0 Å². The number of aryl methyl sites for hydroxylation is 2. The van der Waals surface area contributed by atoms with Gasteiger partial charge in [0.25, 0.3) is 0 Å². The fourth-order valence-corrected chi connectivity index (χ4v) is 4.48. The van der Waals surface area contributed by atoms with Crippen LogP contribution in [0, 0.1) is 13.8 Å². The first kappa shape index (κ1) is 23.6. The van der Waals surface area contributed by atoms with E-state index in [1.54, 1.807) is 6.20 Å². The van der Waals surface area contributed by atoms with Gasteiger partial charge in [0.1, 0.15) is 17.2 Å². The van der Waals surface area contributed by atoms with Crippen LogP contribution in [0.25, 0.3) is 28.5 Å². The lowest BCUT2D eigenvalue weighted by atomic mass is 10.1. The van der Waals surface area contributed by atoms with Gasteiger partial charge in [0.2, 0.25) is 0 Å². The number of hydrogen-bond acceptors (Lipinski definition) is 6. The Balaban J connectivity index is 1.64. The molecule has 0 aliphatic carbocycles. The third-order valence-corrected chi connectivity index (χ3v) is 6.26. The molecule has 0 unspecified atom stereocenters. The van der Waals surface area contributed by atoms with Crippen LogP contribution in [0.5, 0.6) is 0 Å². The van der Waals surface area contributed by atoms with E-state index in [1.807, 2.05) is 66.0 Å². The van der Waals surface area contributed by atoms with Crippen LogP contribution in [-0.4, -0.2) is 62.0 Å². The molecule has 0 amide bonds. The van der Waals surface area contributed by atoms with Gasteiger partial charge in [0.15, 0.2) is 5.82 Å². The lowest BCUT2D eigenvalue weighted by Crippen LogP contribution is -2.30. The Morgan fingerprint density at radius 3 is 2.47 bits per heavy atom. The van der Waals surface area contributed by atoms with E-state index in [9.17, 15) is 0 Å². The van der Waals surface area contributed by atoms with Crippen LogP contribution in [0.2, 0.25) is 0 Å². The summed E-state index contributed by atoms with van der Waals surface area (Å²) in [7, 11) is 3.93. The normalized spacial score (nSPS) is 13.5. The van der Waals surface area contributed by atoms with Crippen molar-refractivity contribution < 1.29 is 0 Å². The average molecular weight is 484 g/mol. The maximum Gasteiger partial charge on any atom is 0.157 e. The first-order chi connectivity index (χ1) is 17.5. The predicted molar refractivity (Wildman–Crippen MR) is 143 cm³/mol. The van der Waals surface area contributed by atoms with E-state index in [2.05, 4.69) is 46.3 Å². The molecule has 4 heterocycles. The average Bonchev–Trinajstić information content (AvgIpc) is 3.53. The Morgan fingerprint density at radius 1 is 0.861 bits per heavy atom. The van der Waals surface area contributed by atoms with Gasteiger partial charge in [-0.3, -0.25) is 5.10 Å². The van der Waals surface area contributed by atoms with E-state index in [1.165, 1.54) is 12.0 Å². The minimum atomic E-state index is 0.715. The molecule has 1 aromatic carbocycles. The number of aromatic amines is 1. The van der Waals surface area contributed by atoms with Crippen molar-refractivity contribution in [2.75, 3.05) is 37.1 Å². The van der Waals surface area contributed by atoms with Gasteiger partial charge >= 0.3 is 0 Å². The second-order valence-electron chi connectivity index (χ2n) is 9.40. The fourth-order valence-electron chi connectivity index (χ4n) is 4.48. The number of nitrogens with one attached hydrogen (secondary N) is 1. The minimum Gasteiger partial charge on any atom is -0.356 e. The molecule has 0 atom stereocenters. The smallest absolute Gasteiger partial charge is 0.157 e. The van der Waals surface area contributed by atoms with Crippen LogP contribution in [-0.2, 0) is 0 Å². The number of aromatic nitrogens is 7. The lowest BCUT2D eigenvalue weighted by Gasteiger charge is -2.27. The number of nitrogens with zero attached hydrogens (tertiary/aromatic N) is 8. The van der Waals surface area contributed by atoms with Crippen LogP contribution in [0.1, 0.15) is 30.5 Å². The SMILES string of the molecule is Cc1cccc(-c2ccn(-c3cc[nH]nc(-c4cc(C)nn4N(C)C)cc(N4CCCCC4)n3)n2)c1. The topological polar surface area (TPSA) is 83.7 Å². The van der Waals surface area contributed by atoms with Gasteiger partial charge in [-0.05, 0) is 51.3 Å². The molecular formula is C27H33N9. The maximum absolute atomic E-state index is 5.12. The van der Waals surface area contributed by atoms with Crippen LogP contribution in [0.3, 0.4) is 0 Å². The summed E-state index contributed by atoms with van der Waals surface area (Å²) >= 11 is 0. The molecule has 0 saturated carbocycles. The molecule has 1 aliphatic rings. The molecule has 0 bridgehead atoms. The number of H-pyrrole nitrogens is 1. The Morgan fingerprint density at radius 2 is 1.69 bits per heavy atom. The van der Waals surface area contributed by atoms with E-state index in [0.29, 0.717) is 5.82 Å². The summed E-state index contributed by atoms with van der Waals surface area (Å²) in [5, 5.41) is 19.2. The second-order valence-corrected chi connectivity index (χ2v) is 9.40. The molecule has 1 aliphatic heterocycles. The van der Waals surface area contributed by atoms with Gasteiger partial charge in [-0.1, -0.05) is 23.8 Å². The molecule has 186 valence electrons. The number of anilines is 1. The molecule has 4 aromatic rings. The first-order valence-electron chi connectivity index (χ1n) is 12.4. The molecule has 0 radical (unpaired) electrons. The number of hydrogen-bond donors (Lipinski definition) is 1. The Labute approximate surface area is 211 Å². The van der Waals surface area contributed by atoms with Gasteiger partial charge in [0.05, 0.1) is 11.4 Å². The van der Waals surface area contributed by atoms with Gasteiger partial charge in [-0.2, -0.15) is 20.1 Å². The summed E-state index contributed by atoms with van der Waals surface area (Å²) in [5.41, 5.74) is 5.79. The minimum absolute atomic E-state index is 0.715. The first-order valence-corrected chi connectivity index (χ1v) is 12.4. The number of piperidine rings is 1. The zero-order valence-electron chi connectivity index (χ0n) is 21.4. The summed E-state index contributed by atoms with van der Waals surface area (Å²) in [6.45, 7) is 6.01. The van der Waals surface area contributed by atoms with E-state index in [4.69, 9.17) is 15.2 Å². The predicted octanol–water partition coefficient (Wildman–Crippen LogP) is 4.45. The van der Waals surface area contributed by atoms with Gasteiger partial charge in [-0.15, -0.1) is 0 Å². The highest BCUT2D eigenvalue weighted by molar-refractivity contribution is 5.61.